The molecule has 2 aliphatic rings. The van der Waals surface area contributed by atoms with E-state index in [9.17, 15) is 4.79 Å². The largest absolute Gasteiger partial charge is 0.356 e. The van der Waals surface area contributed by atoms with Crippen molar-refractivity contribution in [3.8, 4) is 11.4 Å². The second-order valence-electron chi connectivity index (χ2n) is 7.85. The van der Waals surface area contributed by atoms with Gasteiger partial charge in [-0.05, 0) is 25.0 Å². The predicted octanol–water partition coefficient (Wildman–Crippen LogP) is 2.02. The van der Waals surface area contributed by atoms with Gasteiger partial charge in [0, 0.05) is 62.8 Å². The average molecular weight is 574 g/mol. The molecule has 0 atom stereocenters. The summed E-state index contributed by atoms with van der Waals surface area (Å²) in [5, 5.41) is 11.1. The van der Waals surface area contributed by atoms with Gasteiger partial charge in [0.2, 0.25) is 17.6 Å². The summed E-state index contributed by atoms with van der Waals surface area (Å²) in [6.45, 7) is 4.44. The summed E-state index contributed by atoms with van der Waals surface area (Å²) >= 11 is 6.03. The lowest BCUT2D eigenvalue weighted by molar-refractivity contribution is -0.122. The van der Waals surface area contributed by atoms with Crippen LogP contribution in [-0.4, -0.2) is 84.2 Å². The molecule has 2 aromatic rings. The molecule has 1 aliphatic heterocycles. The Bertz CT molecular complexity index is 926. The number of hydrogen-bond acceptors (Lipinski definition) is 6. The Morgan fingerprint density at radius 2 is 2.06 bits per heavy atom. The smallest absolute Gasteiger partial charge is 0.234 e. The number of halogens is 2. The molecular weight excluding hydrogens is 545 g/mol. The SMILES string of the molecule is CN=C(NCCc1nc(-c2cccc(Cl)c2)no1)N1CCN(CC(=O)NC2CC2)CC1.I. The van der Waals surface area contributed by atoms with E-state index in [2.05, 4.69) is 35.6 Å². The minimum Gasteiger partial charge on any atom is -0.356 e. The highest BCUT2D eigenvalue weighted by Crippen LogP contribution is 2.20. The molecule has 0 spiro atoms. The summed E-state index contributed by atoms with van der Waals surface area (Å²) in [6, 6.07) is 7.79. The lowest BCUT2D eigenvalue weighted by atomic mass is 10.2. The van der Waals surface area contributed by atoms with Crippen LogP contribution in [0.2, 0.25) is 5.02 Å². The fourth-order valence-corrected chi connectivity index (χ4v) is 3.73. The second kappa shape index (κ2) is 11.8. The second-order valence-corrected chi connectivity index (χ2v) is 8.29. The van der Waals surface area contributed by atoms with E-state index in [-0.39, 0.29) is 29.9 Å². The topological polar surface area (TPSA) is 98.9 Å². The third-order valence-electron chi connectivity index (χ3n) is 5.37. The first-order chi connectivity index (χ1) is 15.1. The zero-order valence-electron chi connectivity index (χ0n) is 18.1. The monoisotopic (exact) mass is 573 g/mol. The number of benzene rings is 1. The fraction of sp³-hybridized carbons (Fsp3) is 0.524. The Hall–Kier alpha value is -1.92. The van der Waals surface area contributed by atoms with Gasteiger partial charge in [0.15, 0.2) is 5.96 Å². The first-order valence-electron chi connectivity index (χ1n) is 10.7. The normalized spacial score (nSPS) is 17.1. The molecule has 1 saturated carbocycles. The van der Waals surface area contributed by atoms with Gasteiger partial charge < -0.3 is 20.1 Å². The molecule has 0 bridgehead atoms. The van der Waals surface area contributed by atoms with Crippen LogP contribution in [0.5, 0.6) is 0 Å². The zero-order valence-corrected chi connectivity index (χ0v) is 21.2. The van der Waals surface area contributed by atoms with Crippen molar-refractivity contribution < 1.29 is 9.32 Å². The minimum atomic E-state index is 0. The maximum atomic E-state index is 12.0. The minimum absolute atomic E-state index is 0. The van der Waals surface area contributed by atoms with Crippen molar-refractivity contribution in [2.24, 2.45) is 4.99 Å². The van der Waals surface area contributed by atoms with Gasteiger partial charge in [-0.1, -0.05) is 28.9 Å². The summed E-state index contributed by atoms with van der Waals surface area (Å²) in [5.41, 5.74) is 0.829. The molecule has 174 valence electrons. The maximum absolute atomic E-state index is 12.0. The highest BCUT2D eigenvalue weighted by Gasteiger charge is 2.25. The third kappa shape index (κ3) is 7.04. The van der Waals surface area contributed by atoms with Crippen LogP contribution < -0.4 is 10.6 Å². The number of nitrogens with one attached hydrogen (secondary N) is 2. The molecule has 1 aromatic carbocycles. The molecule has 1 aromatic heterocycles. The van der Waals surface area contributed by atoms with Crippen molar-refractivity contribution in [2.45, 2.75) is 25.3 Å². The molecule has 2 heterocycles. The number of hydrogen-bond donors (Lipinski definition) is 2. The summed E-state index contributed by atoms with van der Waals surface area (Å²) in [4.78, 5) is 25.2. The van der Waals surface area contributed by atoms with Gasteiger partial charge in [-0.15, -0.1) is 24.0 Å². The van der Waals surface area contributed by atoms with E-state index in [1.165, 1.54) is 0 Å². The highest BCUT2D eigenvalue weighted by atomic mass is 127. The Morgan fingerprint density at radius 1 is 1.28 bits per heavy atom. The van der Waals surface area contributed by atoms with Crippen molar-refractivity contribution >= 4 is 47.4 Å². The molecule has 32 heavy (non-hydrogen) atoms. The van der Waals surface area contributed by atoms with Crippen LogP contribution in [0, 0.1) is 0 Å². The van der Waals surface area contributed by atoms with Crippen molar-refractivity contribution in [1.82, 2.24) is 30.6 Å². The number of amides is 1. The number of aromatic nitrogens is 2. The van der Waals surface area contributed by atoms with Crippen molar-refractivity contribution in [2.75, 3.05) is 46.3 Å². The number of aliphatic imine (C=N–C) groups is 1. The number of guanidine groups is 1. The lowest BCUT2D eigenvalue weighted by Crippen LogP contribution is -2.54. The maximum Gasteiger partial charge on any atom is 0.234 e. The molecule has 11 heteroatoms. The summed E-state index contributed by atoms with van der Waals surface area (Å²) in [6.07, 6.45) is 2.83. The molecule has 1 amide bonds. The lowest BCUT2D eigenvalue weighted by Gasteiger charge is -2.36. The Labute approximate surface area is 210 Å². The van der Waals surface area contributed by atoms with E-state index >= 15 is 0 Å². The Kier molecular flexibility index (Phi) is 9.11. The molecular formula is C21H29ClIN7O2. The summed E-state index contributed by atoms with van der Waals surface area (Å²) < 4.78 is 5.36. The summed E-state index contributed by atoms with van der Waals surface area (Å²) in [7, 11) is 1.78. The third-order valence-corrected chi connectivity index (χ3v) is 5.60. The van der Waals surface area contributed by atoms with Crippen LogP contribution in [0.25, 0.3) is 11.4 Å². The van der Waals surface area contributed by atoms with E-state index < -0.39 is 0 Å². The van der Waals surface area contributed by atoms with Crippen molar-refractivity contribution in [1.29, 1.82) is 0 Å². The van der Waals surface area contributed by atoms with Crippen LogP contribution in [0.15, 0.2) is 33.8 Å². The number of nitrogens with zero attached hydrogens (tertiary/aromatic N) is 5. The van der Waals surface area contributed by atoms with Crippen LogP contribution in [0.3, 0.4) is 0 Å². The first kappa shape index (κ1) is 24.7. The van der Waals surface area contributed by atoms with Gasteiger partial charge in [0.1, 0.15) is 0 Å². The molecule has 4 rings (SSSR count). The quantitative estimate of drug-likeness (QED) is 0.297. The Balaban J connectivity index is 0.00000289. The zero-order chi connectivity index (χ0) is 21.6. The number of carbonyl (C=O) groups is 1. The van der Waals surface area contributed by atoms with Gasteiger partial charge in [-0.25, -0.2) is 0 Å². The number of rotatable bonds is 7. The van der Waals surface area contributed by atoms with Crippen LogP contribution in [0.1, 0.15) is 18.7 Å². The highest BCUT2D eigenvalue weighted by molar-refractivity contribution is 14.0. The van der Waals surface area contributed by atoms with Crippen molar-refractivity contribution in [3.05, 3.63) is 35.2 Å². The standard InChI is InChI=1S/C21H28ClN7O2.HI/c1-23-21(29-11-9-28(10-12-29)14-18(30)25-17-5-6-17)24-8-7-19-26-20(27-31-19)15-3-2-4-16(22)13-15;/h2-4,13,17H,5-12,14H2,1H3,(H,23,24)(H,25,30);1H. The van der Waals surface area contributed by atoms with E-state index in [1.54, 1.807) is 7.05 Å². The average Bonchev–Trinajstić information content (AvgIpc) is 3.45. The van der Waals surface area contributed by atoms with E-state index in [0.29, 0.717) is 42.3 Å². The van der Waals surface area contributed by atoms with Crippen LogP contribution >= 0.6 is 35.6 Å². The van der Waals surface area contributed by atoms with E-state index in [1.807, 2.05) is 24.3 Å². The number of piperazine rings is 1. The van der Waals surface area contributed by atoms with Gasteiger partial charge in [-0.2, -0.15) is 4.98 Å². The van der Waals surface area contributed by atoms with Crippen molar-refractivity contribution in [3.63, 3.8) is 0 Å². The van der Waals surface area contributed by atoms with E-state index in [4.69, 9.17) is 16.1 Å². The first-order valence-corrected chi connectivity index (χ1v) is 11.0. The van der Waals surface area contributed by atoms with Gasteiger partial charge in [0.05, 0.1) is 6.54 Å². The van der Waals surface area contributed by atoms with Gasteiger partial charge in [-0.3, -0.25) is 14.7 Å². The molecule has 1 aliphatic carbocycles. The molecule has 2 N–H and O–H groups in total. The molecule has 2 fully saturated rings. The number of carbonyl (C=O) groups excluding carboxylic acids is 1. The summed E-state index contributed by atoms with van der Waals surface area (Å²) in [5.74, 6) is 2.07. The molecule has 0 unspecified atom stereocenters. The molecule has 9 nitrogen and oxygen atoms in total. The predicted molar refractivity (Wildman–Crippen MR) is 134 cm³/mol. The molecule has 0 radical (unpaired) electrons. The van der Waals surface area contributed by atoms with Crippen LogP contribution in [-0.2, 0) is 11.2 Å². The van der Waals surface area contributed by atoms with Gasteiger partial charge >= 0.3 is 0 Å². The van der Waals surface area contributed by atoms with Crippen LogP contribution in [0.4, 0.5) is 0 Å². The van der Waals surface area contributed by atoms with E-state index in [0.717, 1.165) is 50.5 Å². The Morgan fingerprint density at radius 3 is 2.75 bits per heavy atom. The van der Waals surface area contributed by atoms with Gasteiger partial charge in [0.25, 0.3) is 0 Å². The fourth-order valence-electron chi connectivity index (χ4n) is 3.54. The molecule has 1 saturated heterocycles.